The SMILES string of the molecule is [CH2]CCC1CCN(COC(=O)C(C)(C)C)CC1. The molecule has 1 radical (unpaired) electrons. The van der Waals surface area contributed by atoms with E-state index in [4.69, 9.17) is 4.74 Å². The predicted molar refractivity (Wildman–Crippen MR) is 69.3 cm³/mol. The number of piperidine rings is 1. The second-order valence-corrected chi connectivity index (χ2v) is 6.01. The first-order valence-electron chi connectivity index (χ1n) is 6.62. The maximum absolute atomic E-state index is 11.6. The third-order valence-corrected chi connectivity index (χ3v) is 3.31. The Kier molecular flexibility index (Phi) is 5.44. The smallest absolute Gasteiger partial charge is 0.312 e. The van der Waals surface area contributed by atoms with E-state index in [1.807, 2.05) is 20.8 Å². The van der Waals surface area contributed by atoms with Crippen LogP contribution in [0.2, 0.25) is 0 Å². The van der Waals surface area contributed by atoms with Crippen LogP contribution in [0.5, 0.6) is 0 Å². The van der Waals surface area contributed by atoms with Crippen molar-refractivity contribution in [3.05, 3.63) is 6.92 Å². The fourth-order valence-electron chi connectivity index (χ4n) is 2.06. The average molecular weight is 240 g/mol. The van der Waals surface area contributed by atoms with Crippen LogP contribution < -0.4 is 0 Å². The summed E-state index contributed by atoms with van der Waals surface area (Å²) in [6.45, 7) is 12.1. The monoisotopic (exact) mass is 240 g/mol. The molecule has 3 heteroatoms. The Balaban J connectivity index is 2.21. The molecule has 0 amide bonds. The third-order valence-electron chi connectivity index (χ3n) is 3.31. The molecule has 1 aliphatic heterocycles. The molecule has 3 nitrogen and oxygen atoms in total. The van der Waals surface area contributed by atoms with Gasteiger partial charge in [-0.25, -0.2) is 0 Å². The van der Waals surface area contributed by atoms with Crippen LogP contribution in [-0.4, -0.2) is 30.7 Å². The van der Waals surface area contributed by atoms with Crippen LogP contribution in [0.25, 0.3) is 0 Å². The molecule has 0 saturated carbocycles. The predicted octanol–water partition coefficient (Wildman–Crippen LogP) is 2.86. The Hall–Kier alpha value is -0.570. The quantitative estimate of drug-likeness (QED) is 0.708. The Labute approximate surface area is 106 Å². The van der Waals surface area contributed by atoms with E-state index in [2.05, 4.69) is 11.8 Å². The molecule has 99 valence electrons. The standard InChI is InChI=1S/C14H26NO2/c1-5-6-12-7-9-15(10-8-12)11-17-13(16)14(2,3)4/h12H,1,5-11H2,2-4H3. The van der Waals surface area contributed by atoms with Gasteiger partial charge in [0.1, 0.15) is 6.73 Å². The Bertz CT molecular complexity index is 237. The maximum Gasteiger partial charge on any atom is 0.312 e. The van der Waals surface area contributed by atoms with Crippen LogP contribution in [0, 0.1) is 18.3 Å². The molecule has 1 heterocycles. The maximum atomic E-state index is 11.6. The van der Waals surface area contributed by atoms with Crippen molar-refractivity contribution in [1.82, 2.24) is 4.90 Å². The number of hydrogen-bond donors (Lipinski definition) is 0. The van der Waals surface area contributed by atoms with E-state index in [1.165, 1.54) is 19.3 Å². The normalized spacial score (nSPS) is 19.3. The van der Waals surface area contributed by atoms with Gasteiger partial charge in [0, 0.05) is 13.1 Å². The van der Waals surface area contributed by atoms with Crippen LogP contribution in [0.4, 0.5) is 0 Å². The van der Waals surface area contributed by atoms with Gasteiger partial charge in [0.05, 0.1) is 5.41 Å². The highest BCUT2D eigenvalue weighted by Crippen LogP contribution is 2.22. The van der Waals surface area contributed by atoms with Gasteiger partial charge in [-0.1, -0.05) is 19.8 Å². The summed E-state index contributed by atoms with van der Waals surface area (Å²) in [5.74, 6) is 0.708. The molecule has 0 aromatic rings. The molecule has 17 heavy (non-hydrogen) atoms. The number of carbonyl (C=O) groups excluding carboxylic acids is 1. The van der Waals surface area contributed by atoms with Crippen LogP contribution in [0.3, 0.4) is 0 Å². The van der Waals surface area contributed by atoms with Gasteiger partial charge in [-0.2, -0.15) is 0 Å². The summed E-state index contributed by atoms with van der Waals surface area (Å²) in [5.41, 5.74) is -0.397. The van der Waals surface area contributed by atoms with E-state index in [-0.39, 0.29) is 5.97 Å². The molecule has 1 rings (SSSR count). The number of nitrogens with zero attached hydrogens (tertiary/aromatic N) is 1. The lowest BCUT2D eigenvalue weighted by Gasteiger charge is -2.31. The zero-order valence-corrected chi connectivity index (χ0v) is 11.5. The van der Waals surface area contributed by atoms with Gasteiger partial charge < -0.3 is 4.74 Å². The minimum absolute atomic E-state index is 0.114. The molecule has 0 spiro atoms. The van der Waals surface area contributed by atoms with Gasteiger partial charge in [-0.15, -0.1) is 0 Å². The molecule has 0 bridgehead atoms. The van der Waals surface area contributed by atoms with Crippen molar-refractivity contribution in [2.75, 3.05) is 19.8 Å². The lowest BCUT2D eigenvalue weighted by molar-refractivity contribution is -0.158. The highest BCUT2D eigenvalue weighted by atomic mass is 16.5. The van der Waals surface area contributed by atoms with Gasteiger partial charge in [0.15, 0.2) is 0 Å². The first-order valence-corrected chi connectivity index (χ1v) is 6.62. The van der Waals surface area contributed by atoms with Crippen molar-refractivity contribution in [3.63, 3.8) is 0 Å². The summed E-state index contributed by atoms with van der Waals surface area (Å²) in [6.07, 6.45) is 4.68. The minimum Gasteiger partial charge on any atom is -0.449 e. The summed E-state index contributed by atoms with van der Waals surface area (Å²) in [6, 6.07) is 0. The molecule has 0 atom stereocenters. The van der Waals surface area contributed by atoms with Crippen molar-refractivity contribution in [2.45, 2.75) is 46.5 Å². The molecule has 0 aromatic heterocycles. The molecule has 0 N–H and O–H groups in total. The van der Waals surface area contributed by atoms with Crippen molar-refractivity contribution in [2.24, 2.45) is 11.3 Å². The number of ether oxygens (including phenoxy) is 1. The molecule has 1 saturated heterocycles. The third kappa shape index (κ3) is 5.07. The molecular weight excluding hydrogens is 214 g/mol. The van der Waals surface area contributed by atoms with E-state index in [9.17, 15) is 4.79 Å². The number of rotatable bonds is 4. The highest BCUT2D eigenvalue weighted by molar-refractivity contribution is 5.75. The van der Waals surface area contributed by atoms with E-state index >= 15 is 0 Å². The average Bonchev–Trinajstić information content (AvgIpc) is 2.27. The van der Waals surface area contributed by atoms with Crippen molar-refractivity contribution in [3.8, 4) is 0 Å². The minimum atomic E-state index is -0.397. The van der Waals surface area contributed by atoms with Crippen LogP contribution in [-0.2, 0) is 9.53 Å². The van der Waals surface area contributed by atoms with E-state index in [1.54, 1.807) is 0 Å². The van der Waals surface area contributed by atoms with Crippen molar-refractivity contribution < 1.29 is 9.53 Å². The second kappa shape index (κ2) is 6.39. The van der Waals surface area contributed by atoms with Gasteiger partial charge in [-0.3, -0.25) is 9.69 Å². The molecule has 0 aromatic carbocycles. The Morgan fingerprint density at radius 2 is 1.94 bits per heavy atom. The molecule has 1 aliphatic rings. The molecule has 0 unspecified atom stereocenters. The zero-order valence-electron chi connectivity index (χ0n) is 11.5. The van der Waals surface area contributed by atoms with E-state index < -0.39 is 5.41 Å². The summed E-state index contributed by atoms with van der Waals surface area (Å²) >= 11 is 0. The number of hydrogen-bond acceptors (Lipinski definition) is 3. The molecule has 1 fully saturated rings. The van der Waals surface area contributed by atoms with Gasteiger partial charge >= 0.3 is 5.97 Å². The van der Waals surface area contributed by atoms with Gasteiger partial charge in [0.25, 0.3) is 0 Å². The largest absolute Gasteiger partial charge is 0.449 e. The fraction of sp³-hybridized carbons (Fsp3) is 0.857. The Morgan fingerprint density at radius 3 is 2.41 bits per heavy atom. The molecule has 0 aliphatic carbocycles. The summed E-state index contributed by atoms with van der Waals surface area (Å²) in [5, 5.41) is 0. The zero-order chi connectivity index (χ0) is 12.9. The van der Waals surface area contributed by atoms with Crippen LogP contribution in [0.1, 0.15) is 46.5 Å². The second-order valence-electron chi connectivity index (χ2n) is 6.01. The topological polar surface area (TPSA) is 29.5 Å². The van der Waals surface area contributed by atoms with Crippen LogP contribution in [0.15, 0.2) is 0 Å². The summed E-state index contributed by atoms with van der Waals surface area (Å²) < 4.78 is 5.32. The fourth-order valence-corrected chi connectivity index (χ4v) is 2.06. The first-order chi connectivity index (χ1) is 7.93. The lowest BCUT2D eigenvalue weighted by atomic mass is 9.93. The lowest BCUT2D eigenvalue weighted by Crippen LogP contribution is -2.37. The Morgan fingerprint density at radius 1 is 1.35 bits per heavy atom. The van der Waals surface area contributed by atoms with Gasteiger partial charge in [-0.05, 0) is 39.5 Å². The van der Waals surface area contributed by atoms with Crippen molar-refractivity contribution in [1.29, 1.82) is 0 Å². The highest BCUT2D eigenvalue weighted by Gasteiger charge is 2.25. The van der Waals surface area contributed by atoms with E-state index in [0.717, 1.165) is 25.4 Å². The van der Waals surface area contributed by atoms with E-state index in [0.29, 0.717) is 6.73 Å². The summed E-state index contributed by atoms with van der Waals surface area (Å²) in [4.78, 5) is 13.8. The van der Waals surface area contributed by atoms with Gasteiger partial charge in [0.2, 0.25) is 0 Å². The summed E-state index contributed by atoms with van der Waals surface area (Å²) in [7, 11) is 0. The first kappa shape index (κ1) is 14.5. The number of esters is 1. The van der Waals surface area contributed by atoms with Crippen molar-refractivity contribution >= 4 is 5.97 Å². The molecular formula is C14H26NO2. The van der Waals surface area contributed by atoms with Crippen LogP contribution >= 0.6 is 0 Å². The number of carbonyl (C=O) groups is 1. The number of likely N-dealkylation sites (tertiary alicyclic amines) is 1.